The Morgan fingerprint density at radius 1 is 1.25 bits per heavy atom. The molecule has 0 aromatic rings. The Bertz CT molecular complexity index is 506. The van der Waals surface area contributed by atoms with Gasteiger partial charge in [-0.3, -0.25) is 4.79 Å². The van der Waals surface area contributed by atoms with Crippen LogP contribution in [0.5, 0.6) is 0 Å². The molecule has 20 heavy (non-hydrogen) atoms. The zero-order valence-corrected chi connectivity index (χ0v) is 12.3. The van der Waals surface area contributed by atoms with E-state index in [-0.39, 0.29) is 5.78 Å². The van der Waals surface area contributed by atoms with Gasteiger partial charge < -0.3 is 5.73 Å². The summed E-state index contributed by atoms with van der Waals surface area (Å²) in [7, 11) is 0. The van der Waals surface area contributed by atoms with Gasteiger partial charge in [-0.2, -0.15) is 0 Å². The van der Waals surface area contributed by atoms with Gasteiger partial charge in [0.1, 0.15) is 0 Å². The molecule has 0 amide bonds. The molecule has 4 aliphatic rings. The Morgan fingerprint density at radius 2 is 2.10 bits per heavy atom. The maximum atomic E-state index is 11.6. The maximum absolute atomic E-state index is 11.6. The molecule has 6 atom stereocenters. The number of allylic oxidation sites excluding steroid dienone is 4. The van der Waals surface area contributed by atoms with Crippen LogP contribution >= 0.6 is 0 Å². The van der Waals surface area contributed by atoms with Gasteiger partial charge in [-0.25, -0.2) is 0 Å². The molecule has 0 bridgehead atoms. The van der Waals surface area contributed by atoms with Crippen molar-refractivity contribution in [2.24, 2.45) is 34.8 Å². The minimum atomic E-state index is 0.287. The van der Waals surface area contributed by atoms with Crippen LogP contribution in [-0.4, -0.2) is 11.8 Å². The summed E-state index contributed by atoms with van der Waals surface area (Å²) in [5.74, 6) is 3.21. The lowest BCUT2D eigenvalue weighted by atomic mass is 9.53. The van der Waals surface area contributed by atoms with Crippen LogP contribution in [0.2, 0.25) is 0 Å². The average Bonchev–Trinajstić information content (AvgIpc) is 2.74. The number of hydrogen-bond donors (Lipinski definition) is 1. The van der Waals surface area contributed by atoms with E-state index < -0.39 is 0 Å². The van der Waals surface area contributed by atoms with Crippen LogP contribution in [0, 0.1) is 29.1 Å². The van der Waals surface area contributed by atoms with Crippen molar-refractivity contribution in [2.75, 3.05) is 0 Å². The van der Waals surface area contributed by atoms with E-state index in [9.17, 15) is 4.79 Å². The fourth-order valence-corrected chi connectivity index (χ4v) is 5.77. The van der Waals surface area contributed by atoms with E-state index in [1.807, 2.05) is 6.08 Å². The molecular formula is C18H25NO. The second kappa shape index (κ2) is 4.30. The molecule has 2 heteroatoms. The monoisotopic (exact) mass is 271 g/mol. The second-order valence-electron chi connectivity index (χ2n) is 7.71. The molecular weight excluding hydrogens is 246 g/mol. The van der Waals surface area contributed by atoms with Gasteiger partial charge in [-0.05, 0) is 61.3 Å². The van der Waals surface area contributed by atoms with Gasteiger partial charge >= 0.3 is 0 Å². The smallest absolute Gasteiger partial charge is 0.159 e. The highest BCUT2D eigenvalue weighted by Gasteiger charge is 2.54. The van der Waals surface area contributed by atoms with Gasteiger partial charge in [-0.1, -0.05) is 24.6 Å². The highest BCUT2D eigenvalue weighted by molar-refractivity contribution is 5.93. The summed E-state index contributed by atoms with van der Waals surface area (Å²) < 4.78 is 0. The molecule has 0 radical (unpaired) electrons. The number of ketones is 1. The summed E-state index contributed by atoms with van der Waals surface area (Å²) in [6.07, 6.45) is 13.4. The zero-order chi connectivity index (χ0) is 13.9. The third kappa shape index (κ3) is 1.64. The lowest BCUT2D eigenvalue weighted by Crippen LogP contribution is -2.48. The molecule has 0 spiro atoms. The molecule has 5 unspecified atom stereocenters. The molecule has 2 N–H and O–H groups in total. The van der Waals surface area contributed by atoms with Gasteiger partial charge in [0, 0.05) is 18.4 Å². The van der Waals surface area contributed by atoms with E-state index in [4.69, 9.17) is 5.73 Å². The lowest BCUT2D eigenvalue weighted by molar-refractivity contribution is -0.114. The van der Waals surface area contributed by atoms with Crippen LogP contribution in [0.25, 0.3) is 0 Å². The summed E-state index contributed by atoms with van der Waals surface area (Å²) >= 11 is 0. The second-order valence-corrected chi connectivity index (χ2v) is 7.71. The molecule has 0 aliphatic heterocycles. The van der Waals surface area contributed by atoms with Gasteiger partial charge in [0.05, 0.1) is 0 Å². The van der Waals surface area contributed by atoms with E-state index in [2.05, 4.69) is 19.1 Å². The van der Waals surface area contributed by atoms with Crippen LogP contribution in [0.1, 0.15) is 45.4 Å². The van der Waals surface area contributed by atoms with Crippen LogP contribution in [0.15, 0.2) is 23.8 Å². The average molecular weight is 271 g/mol. The Hall–Kier alpha value is -0.890. The van der Waals surface area contributed by atoms with E-state index in [0.717, 1.165) is 17.8 Å². The first-order valence-corrected chi connectivity index (χ1v) is 8.25. The quantitative estimate of drug-likeness (QED) is 0.687. The molecule has 0 heterocycles. The summed E-state index contributed by atoms with van der Waals surface area (Å²) in [6, 6.07) is 0.405. The lowest BCUT2D eigenvalue weighted by Gasteiger charge is -2.52. The summed E-state index contributed by atoms with van der Waals surface area (Å²) in [4.78, 5) is 11.6. The third-order valence-electron chi connectivity index (χ3n) is 6.98. The molecule has 0 aromatic heterocycles. The standard InChI is InChI=1S/C18H25NO/c1-18-9-8-14-13-5-3-12(20)10-11(13)2-4-15(14)16(18)6-7-17(18)19/h2-3,5,13-17H,4,6-10,19H2,1H3/t13?,14?,15?,16?,17?,18-/m0/s1. The van der Waals surface area contributed by atoms with Crippen molar-refractivity contribution in [3.8, 4) is 0 Å². The van der Waals surface area contributed by atoms with Gasteiger partial charge in [-0.15, -0.1) is 0 Å². The number of carbonyl (C=O) groups excluding carboxylic acids is 1. The number of carbonyl (C=O) groups is 1. The number of fused-ring (bicyclic) bond motifs is 5. The van der Waals surface area contributed by atoms with Gasteiger partial charge in [0.2, 0.25) is 0 Å². The van der Waals surface area contributed by atoms with Crippen molar-refractivity contribution in [1.29, 1.82) is 0 Å². The predicted octanol–water partition coefficient (Wildman–Crippen LogP) is 3.23. The van der Waals surface area contributed by atoms with Crippen molar-refractivity contribution in [1.82, 2.24) is 0 Å². The maximum Gasteiger partial charge on any atom is 0.159 e. The molecule has 4 aliphatic carbocycles. The van der Waals surface area contributed by atoms with Crippen LogP contribution in [-0.2, 0) is 4.79 Å². The largest absolute Gasteiger partial charge is 0.327 e. The first kappa shape index (κ1) is 12.8. The fourth-order valence-electron chi connectivity index (χ4n) is 5.77. The SMILES string of the molecule is C[C@]12CCC3C4C=CC(=O)CC4=CCC3C1CCC2N. The highest BCUT2D eigenvalue weighted by atomic mass is 16.1. The van der Waals surface area contributed by atoms with Crippen molar-refractivity contribution >= 4 is 5.78 Å². The molecule has 0 aromatic carbocycles. The summed E-state index contributed by atoms with van der Waals surface area (Å²) in [6.45, 7) is 2.44. The molecule has 2 nitrogen and oxygen atoms in total. The zero-order valence-electron chi connectivity index (χ0n) is 12.3. The van der Waals surface area contributed by atoms with Crippen LogP contribution in [0.3, 0.4) is 0 Å². The van der Waals surface area contributed by atoms with E-state index in [0.29, 0.717) is 23.8 Å². The third-order valence-corrected chi connectivity index (χ3v) is 6.98. The van der Waals surface area contributed by atoms with Crippen molar-refractivity contribution in [3.05, 3.63) is 23.8 Å². The van der Waals surface area contributed by atoms with E-state index in [1.165, 1.54) is 37.7 Å². The highest BCUT2D eigenvalue weighted by Crippen LogP contribution is 2.60. The van der Waals surface area contributed by atoms with Crippen LogP contribution in [0.4, 0.5) is 0 Å². The number of rotatable bonds is 0. The molecule has 4 rings (SSSR count). The normalized spacial score (nSPS) is 50.2. The van der Waals surface area contributed by atoms with Gasteiger partial charge in [0.25, 0.3) is 0 Å². The van der Waals surface area contributed by atoms with E-state index >= 15 is 0 Å². The Morgan fingerprint density at radius 3 is 2.95 bits per heavy atom. The Balaban J connectivity index is 1.67. The van der Waals surface area contributed by atoms with Gasteiger partial charge in [0.15, 0.2) is 5.78 Å². The van der Waals surface area contributed by atoms with Crippen molar-refractivity contribution in [2.45, 2.75) is 51.5 Å². The summed E-state index contributed by atoms with van der Waals surface area (Å²) in [5.41, 5.74) is 8.20. The van der Waals surface area contributed by atoms with Crippen molar-refractivity contribution in [3.63, 3.8) is 0 Å². The number of hydrogen-bond acceptors (Lipinski definition) is 2. The molecule has 0 saturated heterocycles. The van der Waals surface area contributed by atoms with Crippen molar-refractivity contribution < 1.29 is 4.79 Å². The van der Waals surface area contributed by atoms with E-state index in [1.54, 1.807) is 0 Å². The Labute approximate surface area is 121 Å². The minimum absolute atomic E-state index is 0.287. The fraction of sp³-hybridized carbons (Fsp3) is 0.722. The first-order chi connectivity index (χ1) is 9.59. The predicted molar refractivity (Wildman–Crippen MR) is 80.0 cm³/mol. The minimum Gasteiger partial charge on any atom is -0.327 e. The first-order valence-electron chi connectivity index (χ1n) is 8.25. The Kier molecular flexibility index (Phi) is 2.76. The number of nitrogens with two attached hydrogens (primary N) is 1. The molecule has 2 saturated carbocycles. The van der Waals surface area contributed by atoms with Crippen LogP contribution < -0.4 is 5.73 Å². The molecule has 2 fully saturated rings. The topological polar surface area (TPSA) is 43.1 Å². The summed E-state index contributed by atoms with van der Waals surface area (Å²) in [5, 5.41) is 0. The molecule has 108 valence electrons.